The van der Waals surface area contributed by atoms with Gasteiger partial charge >= 0.3 is 6.03 Å². The molecule has 1 fully saturated rings. The van der Waals surface area contributed by atoms with Crippen LogP contribution in [0.15, 0.2) is 30.3 Å². The lowest BCUT2D eigenvalue weighted by Gasteiger charge is -2.23. The summed E-state index contributed by atoms with van der Waals surface area (Å²) in [5.41, 5.74) is 1.11. The van der Waals surface area contributed by atoms with Crippen LogP contribution in [-0.4, -0.2) is 25.8 Å². The summed E-state index contributed by atoms with van der Waals surface area (Å²) in [7, 11) is 0. The number of nitrogens with one attached hydrogen (secondary N) is 2. The molecule has 1 heterocycles. The van der Waals surface area contributed by atoms with E-state index in [4.69, 9.17) is 4.74 Å². The molecule has 1 saturated heterocycles. The largest absolute Gasteiger partial charge is 0.381 e. The molecule has 104 valence electrons. The summed E-state index contributed by atoms with van der Waals surface area (Å²) in [5.74, 6) is 0.548. The molecular formula is C15H22N2O2. The first-order chi connectivity index (χ1) is 9.25. The van der Waals surface area contributed by atoms with Gasteiger partial charge in [-0.3, -0.25) is 0 Å². The van der Waals surface area contributed by atoms with E-state index < -0.39 is 0 Å². The fraction of sp³-hybridized carbons (Fsp3) is 0.533. The molecule has 1 unspecified atom stereocenters. The number of urea groups is 1. The first-order valence-electron chi connectivity index (χ1n) is 6.93. The van der Waals surface area contributed by atoms with Crippen molar-refractivity contribution >= 4 is 6.03 Å². The number of benzene rings is 1. The molecule has 1 aromatic rings. The second kappa shape index (κ2) is 7.14. The van der Waals surface area contributed by atoms with Crippen molar-refractivity contribution in [3.05, 3.63) is 35.9 Å². The van der Waals surface area contributed by atoms with Gasteiger partial charge in [0.05, 0.1) is 6.04 Å². The lowest BCUT2D eigenvalue weighted by molar-refractivity contribution is 0.0669. The Labute approximate surface area is 114 Å². The smallest absolute Gasteiger partial charge is 0.315 e. The first-order valence-corrected chi connectivity index (χ1v) is 6.93. The summed E-state index contributed by atoms with van der Waals surface area (Å²) in [4.78, 5) is 11.8. The minimum absolute atomic E-state index is 0.0240. The fourth-order valence-corrected chi connectivity index (χ4v) is 2.26. The van der Waals surface area contributed by atoms with E-state index in [1.807, 2.05) is 37.3 Å². The van der Waals surface area contributed by atoms with Crippen molar-refractivity contribution in [1.29, 1.82) is 0 Å². The van der Waals surface area contributed by atoms with Gasteiger partial charge in [0.2, 0.25) is 0 Å². The Morgan fingerprint density at radius 2 is 2.00 bits per heavy atom. The van der Waals surface area contributed by atoms with Crippen LogP contribution in [0.5, 0.6) is 0 Å². The molecule has 4 nitrogen and oxygen atoms in total. The van der Waals surface area contributed by atoms with Crippen molar-refractivity contribution in [2.75, 3.05) is 19.8 Å². The van der Waals surface area contributed by atoms with Crippen LogP contribution in [0.3, 0.4) is 0 Å². The molecule has 0 aliphatic carbocycles. The topological polar surface area (TPSA) is 50.4 Å². The standard InChI is InChI=1S/C15H22N2O2/c1-12(14-5-3-2-4-6-14)17-15(18)16-11-13-7-9-19-10-8-13/h2-6,12-13H,7-11H2,1H3,(H2,16,17,18). The Morgan fingerprint density at radius 1 is 1.32 bits per heavy atom. The van der Waals surface area contributed by atoms with Crippen LogP contribution in [0.2, 0.25) is 0 Å². The van der Waals surface area contributed by atoms with Crippen molar-refractivity contribution in [3.63, 3.8) is 0 Å². The SMILES string of the molecule is CC(NC(=O)NCC1CCOCC1)c1ccccc1. The van der Waals surface area contributed by atoms with Crippen molar-refractivity contribution in [2.24, 2.45) is 5.92 Å². The van der Waals surface area contributed by atoms with Gasteiger partial charge in [0.25, 0.3) is 0 Å². The predicted molar refractivity (Wildman–Crippen MR) is 74.9 cm³/mol. The maximum atomic E-state index is 11.8. The van der Waals surface area contributed by atoms with E-state index in [0.29, 0.717) is 5.92 Å². The predicted octanol–water partition coefficient (Wildman–Crippen LogP) is 2.47. The summed E-state index contributed by atoms with van der Waals surface area (Å²) in [5, 5.41) is 5.90. The normalized spacial score (nSPS) is 17.7. The average molecular weight is 262 g/mol. The van der Waals surface area contributed by atoms with Crippen molar-refractivity contribution < 1.29 is 9.53 Å². The van der Waals surface area contributed by atoms with E-state index >= 15 is 0 Å². The van der Waals surface area contributed by atoms with Gasteiger partial charge in [-0.1, -0.05) is 30.3 Å². The number of carbonyl (C=O) groups excluding carboxylic acids is 1. The highest BCUT2D eigenvalue weighted by Gasteiger charge is 2.15. The van der Waals surface area contributed by atoms with Gasteiger partial charge in [-0.2, -0.15) is 0 Å². The van der Waals surface area contributed by atoms with E-state index in [1.54, 1.807) is 0 Å². The van der Waals surface area contributed by atoms with Gasteiger partial charge in [0.1, 0.15) is 0 Å². The van der Waals surface area contributed by atoms with Crippen LogP contribution in [-0.2, 0) is 4.74 Å². The maximum absolute atomic E-state index is 11.8. The second-order valence-electron chi connectivity index (χ2n) is 5.04. The van der Waals surface area contributed by atoms with Gasteiger partial charge in [-0.25, -0.2) is 4.79 Å². The molecule has 0 bridgehead atoms. The lowest BCUT2D eigenvalue weighted by Crippen LogP contribution is -2.40. The van der Waals surface area contributed by atoms with Crippen LogP contribution < -0.4 is 10.6 Å². The van der Waals surface area contributed by atoms with E-state index in [0.717, 1.165) is 38.2 Å². The third kappa shape index (κ3) is 4.56. The summed E-state index contributed by atoms with van der Waals surface area (Å²) in [6.45, 7) is 4.35. The Balaban J connectivity index is 1.71. The maximum Gasteiger partial charge on any atom is 0.315 e. The number of carbonyl (C=O) groups is 1. The van der Waals surface area contributed by atoms with Crippen LogP contribution in [0.25, 0.3) is 0 Å². The summed E-state index contributed by atoms with van der Waals surface area (Å²) >= 11 is 0. The van der Waals surface area contributed by atoms with Crippen LogP contribution in [0.4, 0.5) is 4.79 Å². The quantitative estimate of drug-likeness (QED) is 0.875. The third-order valence-corrected chi connectivity index (χ3v) is 3.54. The molecule has 1 aromatic carbocycles. The Morgan fingerprint density at radius 3 is 2.68 bits per heavy atom. The zero-order valence-electron chi connectivity index (χ0n) is 11.4. The zero-order valence-corrected chi connectivity index (χ0v) is 11.4. The summed E-state index contributed by atoms with van der Waals surface area (Å²) in [6, 6.07) is 9.90. The lowest BCUT2D eigenvalue weighted by atomic mass is 10.0. The molecule has 19 heavy (non-hydrogen) atoms. The number of amides is 2. The second-order valence-corrected chi connectivity index (χ2v) is 5.04. The molecule has 2 N–H and O–H groups in total. The highest BCUT2D eigenvalue weighted by molar-refractivity contribution is 5.74. The first kappa shape index (κ1) is 13.9. The highest BCUT2D eigenvalue weighted by Crippen LogP contribution is 2.13. The fourth-order valence-electron chi connectivity index (χ4n) is 2.26. The average Bonchev–Trinajstić information content (AvgIpc) is 2.47. The molecule has 1 aliphatic heterocycles. The van der Waals surface area contributed by atoms with Crippen molar-refractivity contribution in [2.45, 2.75) is 25.8 Å². The Kier molecular flexibility index (Phi) is 5.21. The number of hydrogen-bond donors (Lipinski definition) is 2. The minimum atomic E-state index is -0.0946. The third-order valence-electron chi connectivity index (χ3n) is 3.54. The number of rotatable bonds is 4. The molecule has 2 rings (SSSR count). The number of hydrogen-bond acceptors (Lipinski definition) is 2. The van der Waals surface area contributed by atoms with E-state index in [2.05, 4.69) is 10.6 Å². The van der Waals surface area contributed by atoms with Gasteiger partial charge in [0, 0.05) is 19.8 Å². The molecule has 0 saturated carbocycles. The van der Waals surface area contributed by atoms with Gasteiger partial charge in [-0.15, -0.1) is 0 Å². The van der Waals surface area contributed by atoms with Gasteiger partial charge in [0.15, 0.2) is 0 Å². The van der Waals surface area contributed by atoms with E-state index in [-0.39, 0.29) is 12.1 Å². The van der Waals surface area contributed by atoms with Crippen LogP contribution >= 0.6 is 0 Å². The summed E-state index contributed by atoms with van der Waals surface area (Å²) < 4.78 is 5.30. The molecule has 2 amide bonds. The highest BCUT2D eigenvalue weighted by atomic mass is 16.5. The molecule has 0 spiro atoms. The van der Waals surface area contributed by atoms with Crippen LogP contribution in [0.1, 0.15) is 31.4 Å². The van der Waals surface area contributed by atoms with Gasteiger partial charge in [-0.05, 0) is 31.2 Å². The zero-order chi connectivity index (χ0) is 13.5. The van der Waals surface area contributed by atoms with Crippen molar-refractivity contribution in [1.82, 2.24) is 10.6 Å². The molecular weight excluding hydrogens is 240 g/mol. The Hall–Kier alpha value is -1.55. The molecule has 0 aromatic heterocycles. The summed E-state index contributed by atoms with van der Waals surface area (Å²) in [6.07, 6.45) is 2.07. The molecule has 0 radical (unpaired) electrons. The van der Waals surface area contributed by atoms with E-state index in [1.165, 1.54) is 0 Å². The molecule has 4 heteroatoms. The van der Waals surface area contributed by atoms with Crippen LogP contribution in [0, 0.1) is 5.92 Å². The minimum Gasteiger partial charge on any atom is -0.381 e. The van der Waals surface area contributed by atoms with E-state index in [9.17, 15) is 4.79 Å². The van der Waals surface area contributed by atoms with Crippen molar-refractivity contribution in [3.8, 4) is 0 Å². The molecule has 1 aliphatic rings. The monoisotopic (exact) mass is 262 g/mol. The van der Waals surface area contributed by atoms with Gasteiger partial charge < -0.3 is 15.4 Å². The molecule has 1 atom stereocenters. The Bertz CT molecular complexity index is 388. The number of ether oxygens (including phenoxy) is 1.